The second-order valence-electron chi connectivity index (χ2n) is 6.06. The molecule has 6 nitrogen and oxygen atoms in total. The van der Waals surface area contributed by atoms with E-state index < -0.39 is 0 Å². The van der Waals surface area contributed by atoms with Crippen molar-refractivity contribution in [2.45, 2.75) is 39.7 Å². The van der Waals surface area contributed by atoms with E-state index >= 15 is 0 Å². The molecule has 0 saturated carbocycles. The number of rotatable bonds is 4. The molecule has 0 aliphatic carbocycles. The third-order valence-electron chi connectivity index (χ3n) is 4.33. The monoisotopic (exact) mass is 314 g/mol. The molecule has 122 valence electrons. The van der Waals surface area contributed by atoms with Gasteiger partial charge < -0.3 is 9.64 Å². The van der Waals surface area contributed by atoms with E-state index in [1.807, 2.05) is 36.9 Å². The summed E-state index contributed by atoms with van der Waals surface area (Å²) in [5.74, 6) is 2.17. The fourth-order valence-electron chi connectivity index (χ4n) is 2.87. The number of amides is 1. The van der Waals surface area contributed by atoms with Crippen LogP contribution in [0.1, 0.15) is 41.7 Å². The highest BCUT2D eigenvalue weighted by Crippen LogP contribution is 2.29. The van der Waals surface area contributed by atoms with Crippen LogP contribution in [0.25, 0.3) is 0 Å². The Morgan fingerprint density at radius 3 is 2.87 bits per heavy atom. The van der Waals surface area contributed by atoms with E-state index in [1.165, 1.54) is 5.56 Å². The number of aromatic nitrogens is 3. The zero-order chi connectivity index (χ0) is 16.4. The summed E-state index contributed by atoms with van der Waals surface area (Å²) >= 11 is 0. The first-order chi connectivity index (χ1) is 11.0. The number of hydrogen-bond donors (Lipinski definition) is 1. The van der Waals surface area contributed by atoms with E-state index in [2.05, 4.69) is 22.1 Å². The van der Waals surface area contributed by atoms with Crippen molar-refractivity contribution in [1.82, 2.24) is 20.1 Å². The van der Waals surface area contributed by atoms with Gasteiger partial charge in [0.15, 0.2) is 12.4 Å². The molecule has 0 spiro atoms. The molecule has 1 amide bonds. The van der Waals surface area contributed by atoms with Gasteiger partial charge in [-0.3, -0.25) is 9.89 Å². The van der Waals surface area contributed by atoms with Gasteiger partial charge in [0.05, 0.1) is 6.04 Å². The molecule has 2 aromatic rings. The summed E-state index contributed by atoms with van der Waals surface area (Å²) in [7, 11) is 0. The number of hydrogen-bond acceptors (Lipinski definition) is 4. The number of likely N-dealkylation sites (tertiary alicyclic amines) is 1. The highest BCUT2D eigenvalue weighted by Gasteiger charge is 2.32. The van der Waals surface area contributed by atoms with Gasteiger partial charge in [-0.1, -0.05) is 6.07 Å². The molecule has 0 unspecified atom stereocenters. The number of nitrogens with zero attached hydrogens (tertiary/aromatic N) is 3. The molecule has 1 aromatic heterocycles. The van der Waals surface area contributed by atoms with Gasteiger partial charge in [0.2, 0.25) is 0 Å². The fourth-order valence-corrected chi connectivity index (χ4v) is 2.87. The van der Waals surface area contributed by atoms with Crippen molar-refractivity contribution in [3.05, 3.63) is 41.0 Å². The van der Waals surface area contributed by atoms with Crippen LogP contribution in [0.4, 0.5) is 0 Å². The third-order valence-corrected chi connectivity index (χ3v) is 4.33. The lowest BCUT2D eigenvalue weighted by molar-refractivity contribution is -0.134. The summed E-state index contributed by atoms with van der Waals surface area (Å²) in [5.41, 5.74) is 2.37. The number of carbonyl (C=O) groups excluding carboxylic acids is 1. The molecule has 23 heavy (non-hydrogen) atoms. The Balaban J connectivity index is 1.64. The molecule has 1 fully saturated rings. The number of aryl methyl sites for hydroxylation is 3. The minimum absolute atomic E-state index is 0.0202. The number of carbonyl (C=O) groups is 1. The van der Waals surface area contributed by atoms with E-state index in [0.717, 1.165) is 36.5 Å². The molecule has 1 aliphatic rings. The summed E-state index contributed by atoms with van der Waals surface area (Å²) in [6.07, 6.45) is 1.86. The molecule has 1 aliphatic heterocycles. The Labute approximate surface area is 135 Å². The smallest absolute Gasteiger partial charge is 0.261 e. The van der Waals surface area contributed by atoms with Gasteiger partial charge in [0, 0.05) is 6.54 Å². The molecule has 3 rings (SSSR count). The lowest BCUT2D eigenvalue weighted by atomic mass is 10.1. The van der Waals surface area contributed by atoms with Gasteiger partial charge >= 0.3 is 0 Å². The first-order valence-electron chi connectivity index (χ1n) is 7.93. The van der Waals surface area contributed by atoms with Crippen LogP contribution in [0.5, 0.6) is 5.75 Å². The molecule has 0 bridgehead atoms. The predicted molar refractivity (Wildman–Crippen MR) is 86.2 cm³/mol. The topological polar surface area (TPSA) is 71.1 Å². The van der Waals surface area contributed by atoms with Gasteiger partial charge in [-0.05, 0) is 56.9 Å². The van der Waals surface area contributed by atoms with Crippen molar-refractivity contribution >= 4 is 5.91 Å². The number of H-pyrrole nitrogens is 1. The van der Waals surface area contributed by atoms with Crippen LogP contribution in [-0.2, 0) is 4.79 Å². The molecule has 1 aromatic carbocycles. The highest BCUT2D eigenvalue weighted by atomic mass is 16.5. The second-order valence-corrected chi connectivity index (χ2v) is 6.06. The summed E-state index contributed by atoms with van der Waals surface area (Å²) in [5, 5.41) is 7.04. The average molecular weight is 314 g/mol. The van der Waals surface area contributed by atoms with Crippen LogP contribution in [0.2, 0.25) is 0 Å². The molecular formula is C17H22N4O2. The van der Waals surface area contributed by atoms with Gasteiger partial charge in [-0.25, -0.2) is 4.98 Å². The quantitative estimate of drug-likeness (QED) is 0.941. The average Bonchev–Trinajstić information content (AvgIpc) is 3.16. The zero-order valence-corrected chi connectivity index (χ0v) is 13.8. The molecule has 1 N–H and O–H groups in total. The van der Waals surface area contributed by atoms with E-state index in [4.69, 9.17) is 4.74 Å². The minimum Gasteiger partial charge on any atom is -0.484 e. The SMILES string of the molecule is Cc1nc([C@H]2CCCN2C(=O)COc2ccc(C)c(C)c2)n[nH]1. The lowest BCUT2D eigenvalue weighted by Gasteiger charge is -2.22. The molecule has 1 saturated heterocycles. The third kappa shape index (κ3) is 3.36. The summed E-state index contributed by atoms with van der Waals surface area (Å²) in [6.45, 7) is 6.72. The fraction of sp³-hybridized carbons (Fsp3) is 0.471. The number of aromatic amines is 1. The summed E-state index contributed by atoms with van der Waals surface area (Å²) in [4.78, 5) is 18.7. The summed E-state index contributed by atoms with van der Waals surface area (Å²) in [6, 6.07) is 5.82. The molecular weight excluding hydrogens is 292 g/mol. The van der Waals surface area contributed by atoms with Crippen LogP contribution in [-0.4, -0.2) is 39.1 Å². The lowest BCUT2D eigenvalue weighted by Crippen LogP contribution is -2.34. The normalized spacial score (nSPS) is 17.5. The van der Waals surface area contributed by atoms with Crippen LogP contribution >= 0.6 is 0 Å². The van der Waals surface area contributed by atoms with Crippen molar-refractivity contribution in [1.29, 1.82) is 0 Å². The maximum atomic E-state index is 12.5. The Kier molecular flexibility index (Phi) is 4.32. The van der Waals surface area contributed by atoms with Gasteiger partial charge in [-0.2, -0.15) is 5.10 Å². The first kappa shape index (κ1) is 15.5. The second kappa shape index (κ2) is 6.40. The Morgan fingerprint density at radius 1 is 1.35 bits per heavy atom. The largest absolute Gasteiger partial charge is 0.484 e. The van der Waals surface area contributed by atoms with Crippen molar-refractivity contribution in [2.24, 2.45) is 0 Å². The minimum atomic E-state index is -0.0456. The number of nitrogens with one attached hydrogen (secondary N) is 1. The van der Waals surface area contributed by atoms with Crippen molar-refractivity contribution < 1.29 is 9.53 Å². The van der Waals surface area contributed by atoms with E-state index in [1.54, 1.807) is 0 Å². The zero-order valence-electron chi connectivity index (χ0n) is 13.8. The van der Waals surface area contributed by atoms with Crippen LogP contribution in [0, 0.1) is 20.8 Å². The number of benzene rings is 1. The van der Waals surface area contributed by atoms with Crippen LogP contribution in [0.15, 0.2) is 18.2 Å². The molecule has 0 radical (unpaired) electrons. The number of ether oxygens (including phenoxy) is 1. The van der Waals surface area contributed by atoms with E-state index in [0.29, 0.717) is 5.82 Å². The van der Waals surface area contributed by atoms with Gasteiger partial charge in [0.25, 0.3) is 5.91 Å². The van der Waals surface area contributed by atoms with Crippen LogP contribution in [0.3, 0.4) is 0 Å². The van der Waals surface area contributed by atoms with Crippen molar-refractivity contribution in [3.8, 4) is 5.75 Å². The van der Waals surface area contributed by atoms with E-state index in [-0.39, 0.29) is 18.6 Å². The Hall–Kier alpha value is -2.37. The highest BCUT2D eigenvalue weighted by molar-refractivity contribution is 5.78. The maximum Gasteiger partial charge on any atom is 0.261 e. The molecule has 1 atom stereocenters. The van der Waals surface area contributed by atoms with Crippen LogP contribution < -0.4 is 4.74 Å². The van der Waals surface area contributed by atoms with Crippen molar-refractivity contribution in [2.75, 3.05) is 13.2 Å². The predicted octanol–water partition coefficient (Wildman–Crippen LogP) is 2.47. The molecule has 2 heterocycles. The Bertz CT molecular complexity index is 710. The molecule has 6 heteroatoms. The standard InChI is InChI=1S/C17H22N4O2/c1-11-6-7-14(9-12(11)2)23-10-16(22)21-8-4-5-15(21)17-18-13(3)19-20-17/h6-7,9,15H,4-5,8,10H2,1-3H3,(H,18,19,20)/t15-/m1/s1. The Morgan fingerprint density at radius 2 is 2.17 bits per heavy atom. The maximum absolute atomic E-state index is 12.5. The summed E-state index contributed by atoms with van der Waals surface area (Å²) < 4.78 is 5.67. The van der Waals surface area contributed by atoms with Gasteiger partial charge in [-0.15, -0.1) is 0 Å². The van der Waals surface area contributed by atoms with Gasteiger partial charge in [0.1, 0.15) is 11.6 Å². The van der Waals surface area contributed by atoms with Crippen molar-refractivity contribution in [3.63, 3.8) is 0 Å². The first-order valence-corrected chi connectivity index (χ1v) is 7.93. The van der Waals surface area contributed by atoms with E-state index in [9.17, 15) is 4.79 Å².